The van der Waals surface area contributed by atoms with E-state index >= 15 is 0 Å². The number of methoxy groups -OCH3 is 1. The van der Waals surface area contributed by atoms with E-state index < -0.39 is 0 Å². The molecule has 1 amide bonds. The Morgan fingerprint density at radius 3 is 2.35 bits per heavy atom. The highest BCUT2D eigenvalue weighted by Crippen LogP contribution is 2.34. The van der Waals surface area contributed by atoms with Crippen LogP contribution in [0.15, 0.2) is 54.6 Å². The van der Waals surface area contributed by atoms with E-state index in [4.69, 9.17) is 9.47 Å². The van der Waals surface area contributed by atoms with E-state index in [0.717, 1.165) is 18.6 Å². The maximum absolute atomic E-state index is 12.2. The van der Waals surface area contributed by atoms with Crippen molar-refractivity contribution >= 4 is 6.09 Å². The summed E-state index contributed by atoms with van der Waals surface area (Å²) in [5, 5.41) is 0. The summed E-state index contributed by atoms with van der Waals surface area (Å²) in [6.45, 7) is 1.41. The minimum atomic E-state index is -0.269. The first kappa shape index (κ1) is 15.4. The molecule has 2 aromatic rings. The van der Waals surface area contributed by atoms with Crippen LogP contribution in [-0.4, -0.2) is 31.2 Å². The summed E-state index contributed by atoms with van der Waals surface area (Å²) in [7, 11) is 1.70. The van der Waals surface area contributed by atoms with Gasteiger partial charge in [-0.25, -0.2) is 4.79 Å². The van der Waals surface area contributed by atoms with Crippen molar-refractivity contribution in [2.45, 2.75) is 18.8 Å². The minimum Gasteiger partial charge on any atom is -0.496 e. The lowest BCUT2D eigenvalue weighted by atomic mass is 9.89. The lowest BCUT2D eigenvalue weighted by Crippen LogP contribution is -2.39. The number of likely N-dealkylation sites (tertiary alicyclic amines) is 1. The molecule has 0 unspecified atom stereocenters. The van der Waals surface area contributed by atoms with Gasteiger partial charge in [-0.1, -0.05) is 36.4 Å². The molecule has 1 saturated heterocycles. The number of rotatable bonds is 3. The zero-order chi connectivity index (χ0) is 16.1. The van der Waals surface area contributed by atoms with E-state index in [-0.39, 0.29) is 6.09 Å². The molecule has 120 valence electrons. The van der Waals surface area contributed by atoms with Crippen LogP contribution in [-0.2, 0) is 0 Å². The molecule has 0 spiro atoms. The predicted molar refractivity (Wildman–Crippen MR) is 89.0 cm³/mol. The average molecular weight is 311 g/mol. The zero-order valence-electron chi connectivity index (χ0n) is 13.3. The van der Waals surface area contributed by atoms with Gasteiger partial charge < -0.3 is 14.4 Å². The molecule has 3 rings (SSSR count). The van der Waals surface area contributed by atoms with E-state index in [0.29, 0.717) is 24.8 Å². The van der Waals surface area contributed by atoms with Crippen LogP contribution in [0.1, 0.15) is 24.3 Å². The Hall–Kier alpha value is -2.49. The highest BCUT2D eigenvalue weighted by molar-refractivity contribution is 5.70. The molecule has 4 heteroatoms. The third-order valence-corrected chi connectivity index (χ3v) is 4.28. The number of nitrogens with zero attached hydrogens (tertiary/aromatic N) is 1. The van der Waals surface area contributed by atoms with Gasteiger partial charge in [0.15, 0.2) is 0 Å². The maximum atomic E-state index is 12.2. The molecule has 1 aliphatic heterocycles. The number of carbonyl (C=O) groups excluding carboxylic acids is 1. The van der Waals surface area contributed by atoms with Crippen molar-refractivity contribution in [3.63, 3.8) is 0 Å². The third-order valence-electron chi connectivity index (χ3n) is 4.28. The largest absolute Gasteiger partial charge is 0.496 e. The Kier molecular flexibility index (Phi) is 4.81. The van der Waals surface area contributed by atoms with Crippen LogP contribution in [0.2, 0.25) is 0 Å². The lowest BCUT2D eigenvalue weighted by Gasteiger charge is -2.32. The number of benzene rings is 2. The first-order valence-corrected chi connectivity index (χ1v) is 7.92. The van der Waals surface area contributed by atoms with Crippen LogP contribution >= 0.6 is 0 Å². The fourth-order valence-electron chi connectivity index (χ4n) is 3.03. The van der Waals surface area contributed by atoms with Gasteiger partial charge in [0, 0.05) is 13.1 Å². The molecule has 1 aliphatic rings. The lowest BCUT2D eigenvalue weighted by molar-refractivity contribution is 0.138. The van der Waals surface area contributed by atoms with Crippen molar-refractivity contribution in [1.29, 1.82) is 0 Å². The van der Waals surface area contributed by atoms with Gasteiger partial charge >= 0.3 is 6.09 Å². The summed E-state index contributed by atoms with van der Waals surface area (Å²) in [4.78, 5) is 14.0. The van der Waals surface area contributed by atoms with Crippen LogP contribution in [0.4, 0.5) is 4.79 Å². The van der Waals surface area contributed by atoms with Crippen molar-refractivity contribution in [1.82, 2.24) is 4.90 Å². The number of ether oxygens (including phenoxy) is 2. The SMILES string of the molecule is COc1ccccc1C1CCN(C(=O)Oc2ccccc2)CC1. The molecule has 23 heavy (non-hydrogen) atoms. The van der Waals surface area contributed by atoms with E-state index in [2.05, 4.69) is 6.07 Å². The van der Waals surface area contributed by atoms with E-state index in [9.17, 15) is 4.79 Å². The molecule has 0 saturated carbocycles. The fraction of sp³-hybridized carbons (Fsp3) is 0.316. The zero-order valence-corrected chi connectivity index (χ0v) is 13.3. The highest BCUT2D eigenvalue weighted by Gasteiger charge is 2.26. The second-order valence-electron chi connectivity index (χ2n) is 5.68. The Morgan fingerprint density at radius 2 is 1.65 bits per heavy atom. The molecule has 0 aliphatic carbocycles. The molecule has 0 atom stereocenters. The fourth-order valence-corrected chi connectivity index (χ4v) is 3.03. The molecule has 0 aromatic heterocycles. The number of hydrogen-bond acceptors (Lipinski definition) is 3. The van der Waals surface area contributed by atoms with Crippen molar-refractivity contribution in [2.75, 3.05) is 20.2 Å². The molecule has 2 aromatic carbocycles. The average Bonchev–Trinajstić information content (AvgIpc) is 2.62. The smallest absolute Gasteiger partial charge is 0.415 e. The highest BCUT2D eigenvalue weighted by atomic mass is 16.6. The summed E-state index contributed by atoms with van der Waals surface area (Å²) in [5.41, 5.74) is 1.23. The predicted octanol–water partition coefficient (Wildman–Crippen LogP) is 4.07. The number of carbonyl (C=O) groups is 1. The summed E-state index contributed by atoms with van der Waals surface area (Å²) in [6, 6.07) is 17.3. The van der Waals surface area contributed by atoms with Crippen LogP contribution in [0, 0.1) is 0 Å². The maximum Gasteiger partial charge on any atom is 0.415 e. The van der Waals surface area contributed by atoms with Crippen molar-refractivity contribution in [3.8, 4) is 11.5 Å². The summed E-state index contributed by atoms with van der Waals surface area (Å²) >= 11 is 0. The molecule has 0 radical (unpaired) electrons. The monoisotopic (exact) mass is 311 g/mol. The van der Waals surface area contributed by atoms with E-state index in [1.54, 1.807) is 24.1 Å². The summed E-state index contributed by atoms with van der Waals surface area (Å²) in [5.74, 6) is 1.94. The van der Waals surface area contributed by atoms with E-state index in [1.165, 1.54) is 5.56 Å². The summed E-state index contributed by atoms with van der Waals surface area (Å²) in [6.07, 6.45) is 1.57. The van der Waals surface area contributed by atoms with Gasteiger partial charge in [0.1, 0.15) is 11.5 Å². The Labute approximate surface area is 136 Å². The minimum absolute atomic E-state index is 0.269. The number of amides is 1. The van der Waals surface area contributed by atoms with E-state index in [1.807, 2.05) is 36.4 Å². The van der Waals surface area contributed by atoms with Gasteiger partial charge in [-0.2, -0.15) is 0 Å². The van der Waals surface area contributed by atoms with Gasteiger partial charge in [-0.15, -0.1) is 0 Å². The second-order valence-corrected chi connectivity index (χ2v) is 5.68. The van der Waals surface area contributed by atoms with Gasteiger partial charge in [-0.05, 0) is 42.5 Å². The Bertz CT molecular complexity index is 649. The van der Waals surface area contributed by atoms with Gasteiger partial charge in [0.25, 0.3) is 0 Å². The van der Waals surface area contributed by atoms with Crippen molar-refractivity contribution < 1.29 is 14.3 Å². The second kappa shape index (κ2) is 7.18. The van der Waals surface area contributed by atoms with Gasteiger partial charge in [0.2, 0.25) is 0 Å². The van der Waals surface area contributed by atoms with Gasteiger partial charge in [0.05, 0.1) is 7.11 Å². The summed E-state index contributed by atoms with van der Waals surface area (Å²) < 4.78 is 10.8. The number of piperidine rings is 1. The van der Waals surface area contributed by atoms with Crippen molar-refractivity contribution in [3.05, 3.63) is 60.2 Å². The Balaban J connectivity index is 1.59. The standard InChI is InChI=1S/C19H21NO3/c1-22-18-10-6-5-9-17(18)15-11-13-20(14-12-15)19(21)23-16-7-3-2-4-8-16/h2-10,15H,11-14H2,1H3. The van der Waals surface area contributed by atoms with Crippen LogP contribution in [0.3, 0.4) is 0 Å². The molecular weight excluding hydrogens is 290 g/mol. The Morgan fingerprint density at radius 1 is 1.00 bits per heavy atom. The van der Waals surface area contributed by atoms with Gasteiger partial charge in [-0.3, -0.25) is 0 Å². The van der Waals surface area contributed by atoms with Crippen LogP contribution < -0.4 is 9.47 Å². The molecule has 0 N–H and O–H groups in total. The molecule has 4 nitrogen and oxygen atoms in total. The van der Waals surface area contributed by atoms with Crippen molar-refractivity contribution in [2.24, 2.45) is 0 Å². The third kappa shape index (κ3) is 3.65. The molecule has 1 fully saturated rings. The number of hydrogen-bond donors (Lipinski definition) is 0. The molecular formula is C19H21NO3. The first-order valence-electron chi connectivity index (χ1n) is 7.92. The topological polar surface area (TPSA) is 38.8 Å². The first-order chi connectivity index (χ1) is 11.3. The quantitative estimate of drug-likeness (QED) is 0.857. The normalized spacial score (nSPS) is 15.3. The van der Waals surface area contributed by atoms with Crippen LogP contribution in [0.5, 0.6) is 11.5 Å². The number of para-hydroxylation sites is 2. The van der Waals surface area contributed by atoms with Crippen LogP contribution in [0.25, 0.3) is 0 Å². The molecule has 1 heterocycles. The molecule has 0 bridgehead atoms.